The summed E-state index contributed by atoms with van der Waals surface area (Å²) in [6.45, 7) is 8.36. The Morgan fingerprint density at radius 1 is 1.29 bits per heavy atom. The number of nitrogens with zero attached hydrogens (tertiary/aromatic N) is 4. The van der Waals surface area contributed by atoms with E-state index in [-0.39, 0.29) is 11.7 Å². The summed E-state index contributed by atoms with van der Waals surface area (Å²) in [5.74, 6) is 0.589. The Balaban J connectivity index is 1.97. The molecule has 0 radical (unpaired) electrons. The second kappa shape index (κ2) is 7.58. The summed E-state index contributed by atoms with van der Waals surface area (Å²) >= 11 is 1.50. The van der Waals surface area contributed by atoms with Crippen molar-refractivity contribution in [3.63, 3.8) is 0 Å². The van der Waals surface area contributed by atoms with Gasteiger partial charge in [0.25, 0.3) is 5.56 Å². The number of thioether (sulfide) groups is 1. The zero-order valence-electron chi connectivity index (χ0n) is 17.2. The van der Waals surface area contributed by atoms with Crippen LogP contribution in [0.15, 0.2) is 22.0 Å². The van der Waals surface area contributed by atoms with Crippen molar-refractivity contribution in [3.8, 4) is 0 Å². The molecule has 0 aromatic carbocycles. The number of ether oxygens (including phenoxy) is 1. The summed E-state index contributed by atoms with van der Waals surface area (Å²) in [6.07, 6.45) is 4.27. The number of rotatable bonds is 2. The highest BCUT2D eigenvalue weighted by molar-refractivity contribution is 7.98. The van der Waals surface area contributed by atoms with Gasteiger partial charge in [0.1, 0.15) is 22.0 Å². The highest BCUT2D eigenvalue weighted by Crippen LogP contribution is 2.28. The van der Waals surface area contributed by atoms with Gasteiger partial charge in [0.15, 0.2) is 0 Å². The molecule has 0 unspecified atom stereocenters. The van der Waals surface area contributed by atoms with E-state index in [1.54, 1.807) is 23.4 Å². The first-order valence-corrected chi connectivity index (χ1v) is 10.4. The first-order valence-electron chi connectivity index (χ1n) is 9.20. The van der Waals surface area contributed by atoms with E-state index in [4.69, 9.17) is 4.74 Å². The lowest BCUT2D eigenvalue weighted by Gasteiger charge is -2.30. The standard InChI is InChI=1S/C20H26N4O3S/c1-12-21-16-14(17(22-12)28-6)11-15(23(5)18(16)25)13-7-9-24(10-8-13)19(26)27-20(2,3)4/h7,11H,8-10H2,1-6H3. The normalized spacial score (nSPS) is 14.9. The van der Waals surface area contributed by atoms with Crippen molar-refractivity contribution < 1.29 is 9.53 Å². The molecular formula is C20H26N4O3S. The maximum absolute atomic E-state index is 12.9. The molecular weight excluding hydrogens is 376 g/mol. The van der Waals surface area contributed by atoms with Crippen LogP contribution in [0.3, 0.4) is 0 Å². The fraction of sp³-hybridized carbons (Fsp3) is 0.500. The molecule has 7 nitrogen and oxygen atoms in total. The van der Waals surface area contributed by atoms with Crippen molar-refractivity contribution in [3.05, 3.63) is 34.0 Å². The van der Waals surface area contributed by atoms with Crippen molar-refractivity contribution in [2.24, 2.45) is 7.05 Å². The summed E-state index contributed by atoms with van der Waals surface area (Å²) in [4.78, 5) is 35.6. The van der Waals surface area contributed by atoms with E-state index in [1.165, 1.54) is 11.8 Å². The van der Waals surface area contributed by atoms with Gasteiger partial charge in [-0.2, -0.15) is 0 Å². The first-order chi connectivity index (χ1) is 13.1. The van der Waals surface area contributed by atoms with Crippen molar-refractivity contribution in [1.29, 1.82) is 0 Å². The third kappa shape index (κ3) is 4.06. The molecule has 0 aliphatic carbocycles. The monoisotopic (exact) mass is 402 g/mol. The van der Waals surface area contributed by atoms with Crippen LogP contribution in [-0.4, -0.2) is 50.5 Å². The van der Waals surface area contributed by atoms with Gasteiger partial charge in [0, 0.05) is 31.2 Å². The van der Waals surface area contributed by atoms with Crippen molar-refractivity contribution in [2.45, 2.75) is 44.7 Å². The third-order valence-corrected chi connectivity index (χ3v) is 5.25. The molecule has 2 aromatic rings. The smallest absolute Gasteiger partial charge is 0.410 e. The predicted molar refractivity (Wildman–Crippen MR) is 112 cm³/mol. The molecule has 8 heteroatoms. The Kier molecular flexibility index (Phi) is 5.52. The fourth-order valence-electron chi connectivity index (χ4n) is 3.21. The number of carbonyl (C=O) groups excluding carboxylic acids is 1. The first kappa shape index (κ1) is 20.4. The molecule has 28 heavy (non-hydrogen) atoms. The third-order valence-electron chi connectivity index (χ3n) is 4.56. The Morgan fingerprint density at radius 2 is 2.00 bits per heavy atom. The molecule has 0 saturated heterocycles. The average Bonchev–Trinajstić information content (AvgIpc) is 2.63. The molecule has 1 aliphatic heterocycles. The summed E-state index contributed by atoms with van der Waals surface area (Å²) in [6, 6.07) is 1.98. The number of amides is 1. The molecule has 0 fully saturated rings. The van der Waals surface area contributed by atoms with Gasteiger partial charge < -0.3 is 14.2 Å². The summed E-state index contributed by atoms with van der Waals surface area (Å²) in [5.41, 5.74) is 1.66. The van der Waals surface area contributed by atoms with Crippen LogP contribution < -0.4 is 5.56 Å². The van der Waals surface area contributed by atoms with Gasteiger partial charge in [0.05, 0.1) is 0 Å². The van der Waals surface area contributed by atoms with Crippen LogP contribution in [0, 0.1) is 6.92 Å². The predicted octanol–water partition coefficient (Wildman–Crippen LogP) is 3.38. The second-order valence-electron chi connectivity index (χ2n) is 7.84. The molecule has 3 heterocycles. The van der Waals surface area contributed by atoms with E-state index in [1.807, 2.05) is 39.2 Å². The minimum absolute atomic E-state index is 0.135. The van der Waals surface area contributed by atoms with Gasteiger partial charge in [-0.1, -0.05) is 6.08 Å². The maximum atomic E-state index is 12.9. The lowest BCUT2D eigenvalue weighted by Crippen LogP contribution is -2.39. The molecule has 1 aliphatic rings. The van der Waals surface area contributed by atoms with E-state index in [0.29, 0.717) is 30.9 Å². The van der Waals surface area contributed by atoms with Gasteiger partial charge in [0.2, 0.25) is 0 Å². The highest BCUT2D eigenvalue weighted by Gasteiger charge is 2.25. The Bertz CT molecular complexity index is 1020. The zero-order chi connectivity index (χ0) is 20.6. The van der Waals surface area contributed by atoms with E-state index in [9.17, 15) is 9.59 Å². The number of fused-ring (bicyclic) bond motifs is 1. The molecule has 0 saturated carbocycles. The van der Waals surface area contributed by atoms with E-state index in [0.717, 1.165) is 21.7 Å². The van der Waals surface area contributed by atoms with E-state index < -0.39 is 5.60 Å². The summed E-state index contributed by atoms with van der Waals surface area (Å²) in [5, 5.41) is 1.57. The van der Waals surface area contributed by atoms with Crippen LogP contribution in [-0.2, 0) is 11.8 Å². The van der Waals surface area contributed by atoms with Crippen LogP contribution in [0.2, 0.25) is 0 Å². The molecule has 2 aromatic heterocycles. The molecule has 0 spiro atoms. The Labute approximate surface area is 168 Å². The highest BCUT2D eigenvalue weighted by atomic mass is 32.2. The minimum Gasteiger partial charge on any atom is -0.444 e. The molecule has 0 bridgehead atoms. The quantitative estimate of drug-likeness (QED) is 0.566. The van der Waals surface area contributed by atoms with Crippen LogP contribution >= 0.6 is 11.8 Å². The Morgan fingerprint density at radius 3 is 2.57 bits per heavy atom. The topological polar surface area (TPSA) is 77.3 Å². The summed E-state index contributed by atoms with van der Waals surface area (Å²) in [7, 11) is 1.76. The number of hydrogen-bond acceptors (Lipinski definition) is 6. The zero-order valence-corrected chi connectivity index (χ0v) is 18.0. The number of carbonyl (C=O) groups is 1. The van der Waals surface area contributed by atoms with Crippen LogP contribution in [0.1, 0.15) is 38.7 Å². The maximum Gasteiger partial charge on any atom is 0.410 e. The van der Waals surface area contributed by atoms with Crippen LogP contribution in [0.5, 0.6) is 0 Å². The van der Waals surface area contributed by atoms with Crippen LogP contribution in [0.25, 0.3) is 16.5 Å². The number of hydrogen-bond donors (Lipinski definition) is 0. The second-order valence-corrected chi connectivity index (χ2v) is 8.64. The largest absolute Gasteiger partial charge is 0.444 e. The van der Waals surface area contributed by atoms with Gasteiger partial charge >= 0.3 is 6.09 Å². The molecule has 0 atom stereocenters. The van der Waals surface area contributed by atoms with Gasteiger partial charge in [-0.15, -0.1) is 11.8 Å². The fourth-order valence-corrected chi connectivity index (χ4v) is 3.81. The molecule has 1 amide bonds. The number of aromatic nitrogens is 3. The molecule has 0 N–H and O–H groups in total. The lowest BCUT2D eigenvalue weighted by atomic mass is 10.0. The van der Waals surface area contributed by atoms with Gasteiger partial charge in [-0.25, -0.2) is 14.8 Å². The molecule has 3 rings (SSSR count). The average molecular weight is 403 g/mol. The minimum atomic E-state index is -0.518. The van der Waals surface area contributed by atoms with E-state index >= 15 is 0 Å². The van der Waals surface area contributed by atoms with Crippen molar-refractivity contribution >= 4 is 34.3 Å². The van der Waals surface area contributed by atoms with Crippen molar-refractivity contribution in [1.82, 2.24) is 19.4 Å². The summed E-state index contributed by atoms with van der Waals surface area (Å²) < 4.78 is 7.08. The number of aryl methyl sites for hydroxylation is 1. The van der Waals surface area contributed by atoms with Crippen molar-refractivity contribution in [2.75, 3.05) is 19.3 Å². The lowest BCUT2D eigenvalue weighted by molar-refractivity contribution is 0.0270. The number of pyridine rings is 1. The van der Waals surface area contributed by atoms with Gasteiger partial charge in [-0.3, -0.25) is 4.79 Å². The van der Waals surface area contributed by atoms with E-state index in [2.05, 4.69) is 9.97 Å². The molecule has 150 valence electrons. The Hall–Kier alpha value is -2.35. The van der Waals surface area contributed by atoms with Crippen LogP contribution in [0.4, 0.5) is 4.79 Å². The van der Waals surface area contributed by atoms with Gasteiger partial charge in [-0.05, 0) is 52.0 Å². The SMILES string of the molecule is CSc1nc(C)nc2c(=O)n(C)c(C3=CCN(C(=O)OC(C)(C)C)CC3)cc12.